The molecule has 158 valence electrons. The predicted octanol–water partition coefficient (Wildman–Crippen LogP) is 5.25. The second-order valence-corrected chi connectivity index (χ2v) is 8.86. The third-order valence-corrected chi connectivity index (χ3v) is 6.51. The first-order valence-corrected chi connectivity index (χ1v) is 11.3. The summed E-state index contributed by atoms with van der Waals surface area (Å²) in [4.78, 5) is 17.4. The SMILES string of the molecule is Cc1cc(C)c(Cn2c(CCNC(=O)C3CCCCC3)nc3ccccc32)c(C)c1. The fourth-order valence-corrected chi connectivity index (χ4v) is 4.92. The molecule has 0 spiro atoms. The molecule has 1 fully saturated rings. The molecule has 3 aromatic rings. The normalized spacial score (nSPS) is 14.9. The van der Waals surface area contributed by atoms with Gasteiger partial charge in [0.05, 0.1) is 11.0 Å². The van der Waals surface area contributed by atoms with Gasteiger partial charge in [-0.2, -0.15) is 0 Å². The topological polar surface area (TPSA) is 46.9 Å². The summed E-state index contributed by atoms with van der Waals surface area (Å²) >= 11 is 0. The minimum absolute atomic E-state index is 0.204. The molecule has 1 aliphatic rings. The van der Waals surface area contributed by atoms with E-state index >= 15 is 0 Å². The van der Waals surface area contributed by atoms with Gasteiger partial charge >= 0.3 is 0 Å². The van der Waals surface area contributed by atoms with Crippen molar-refractivity contribution in [3.8, 4) is 0 Å². The molecule has 2 aromatic carbocycles. The molecule has 0 unspecified atom stereocenters. The molecule has 30 heavy (non-hydrogen) atoms. The number of para-hydroxylation sites is 2. The van der Waals surface area contributed by atoms with Gasteiger partial charge in [0.25, 0.3) is 0 Å². The lowest BCUT2D eigenvalue weighted by molar-refractivity contribution is -0.125. The molecule has 1 N–H and O–H groups in total. The van der Waals surface area contributed by atoms with Gasteiger partial charge in [-0.1, -0.05) is 49.1 Å². The van der Waals surface area contributed by atoms with Crippen molar-refractivity contribution in [1.82, 2.24) is 14.9 Å². The minimum Gasteiger partial charge on any atom is -0.355 e. The smallest absolute Gasteiger partial charge is 0.223 e. The molecule has 0 aliphatic heterocycles. The summed E-state index contributed by atoms with van der Waals surface area (Å²) in [5.41, 5.74) is 7.48. The highest BCUT2D eigenvalue weighted by Gasteiger charge is 2.21. The monoisotopic (exact) mass is 403 g/mol. The molecule has 0 bridgehead atoms. The Morgan fingerprint density at radius 1 is 1.07 bits per heavy atom. The molecule has 0 atom stereocenters. The summed E-state index contributed by atoms with van der Waals surface area (Å²) < 4.78 is 2.33. The highest BCUT2D eigenvalue weighted by Crippen LogP contribution is 2.24. The largest absolute Gasteiger partial charge is 0.355 e. The van der Waals surface area contributed by atoms with E-state index in [2.05, 4.69) is 61.0 Å². The Kier molecular flexibility index (Phi) is 6.21. The van der Waals surface area contributed by atoms with Crippen LogP contribution in [0.25, 0.3) is 11.0 Å². The van der Waals surface area contributed by atoms with Gasteiger partial charge < -0.3 is 9.88 Å². The van der Waals surface area contributed by atoms with Gasteiger partial charge in [0.2, 0.25) is 5.91 Å². The van der Waals surface area contributed by atoms with Gasteiger partial charge in [0, 0.05) is 25.4 Å². The van der Waals surface area contributed by atoms with Crippen molar-refractivity contribution in [1.29, 1.82) is 0 Å². The molecule has 0 saturated heterocycles. The molecule has 1 saturated carbocycles. The summed E-state index contributed by atoms with van der Waals surface area (Å²) in [5.74, 6) is 1.47. The van der Waals surface area contributed by atoms with Crippen LogP contribution in [-0.2, 0) is 17.8 Å². The number of imidazole rings is 1. The maximum absolute atomic E-state index is 12.5. The van der Waals surface area contributed by atoms with Crippen molar-refractivity contribution in [3.63, 3.8) is 0 Å². The lowest BCUT2D eigenvalue weighted by Crippen LogP contribution is -2.33. The van der Waals surface area contributed by atoms with Crippen molar-refractivity contribution >= 4 is 16.9 Å². The molecule has 1 aliphatic carbocycles. The van der Waals surface area contributed by atoms with E-state index in [1.54, 1.807) is 0 Å². The number of fused-ring (bicyclic) bond motifs is 1. The van der Waals surface area contributed by atoms with Crippen molar-refractivity contribution in [3.05, 3.63) is 64.5 Å². The van der Waals surface area contributed by atoms with Gasteiger partial charge in [-0.3, -0.25) is 4.79 Å². The van der Waals surface area contributed by atoms with Gasteiger partial charge in [-0.05, 0) is 62.4 Å². The van der Waals surface area contributed by atoms with Gasteiger partial charge in [0.15, 0.2) is 0 Å². The van der Waals surface area contributed by atoms with Crippen molar-refractivity contribution in [2.24, 2.45) is 5.92 Å². The van der Waals surface area contributed by atoms with E-state index in [0.717, 1.165) is 42.7 Å². The first-order chi connectivity index (χ1) is 14.5. The number of amides is 1. The van der Waals surface area contributed by atoms with Crippen LogP contribution < -0.4 is 5.32 Å². The zero-order valence-corrected chi connectivity index (χ0v) is 18.5. The Morgan fingerprint density at radius 2 is 1.77 bits per heavy atom. The maximum atomic E-state index is 12.5. The standard InChI is InChI=1S/C26H33N3O/c1-18-15-19(2)22(20(3)16-18)17-29-24-12-8-7-11-23(24)28-25(29)13-14-27-26(30)21-9-5-4-6-10-21/h7-8,11-12,15-16,21H,4-6,9-10,13-14,17H2,1-3H3,(H,27,30). The lowest BCUT2D eigenvalue weighted by Gasteiger charge is -2.20. The molecule has 0 radical (unpaired) electrons. The van der Waals surface area contributed by atoms with Crippen LogP contribution in [0.3, 0.4) is 0 Å². The molecule has 4 nitrogen and oxygen atoms in total. The number of carbonyl (C=O) groups is 1. The Balaban J connectivity index is 1.54. The van der Waals surface area contributed by atoms with Gasteiger partial charge in [-0.25, -0.2) is 4.98 Å². The van der Waals surface area contributed by atoms with Crippen molar-refractivity contribution in [2.45, 2.75) is 65.8 Å². The summed E-state index contributed by atoms with van der Waals surface area (Å²) in [6.07, 6.45) is 6.46. The van der Waals surface area contributed by atoms with Gasteiger partial charge in [0.1, 0.15) is 5.82 Å². The molecule has 1 amide bonds. The number of nitrogens with zero attached hydrogens (tertiary/aromatic N) is 2. The van der Waals surface area contributed by atoms with Gasteiger partial charge in [-0.15, -0.1) is 0 Å². The number of hydrogen-bond acceptors (Lipinski definition) is 2. The zero-order chi connectivity index (χ0) is 21.1. The van der Waals surface area contributed by atoms with E-state index in [9.17, 15) is 4.79 Å². The van der Waals surface area contributed by atoms with E-state index in [0.29, 0.717) is 6.54 Å². The molecule has 4 rings (SSSR count). The summed E-state index contributed by atoms with van der Waals surface area (Å²) in [6.45, 7) is 7.99. The fourth-order valence-electron chi connectivity index (χ4n) is 4.92. The summed E-state index contributed by atoms with van der Waals surface area (Å²) in [6, 6.07) is 12.8. The van der Waals surface area contributed by atoms with Crippen LogP contribution in [0.15, 0.2) is 36.4 Å². The minimum atomic E-state index is 0.204. The second-order valence-electron chi connectivity index (χ2n) is 8.86. The first-order valence-electron chi connectivity index (χ1n) is 11.3. The Bertz CT molecular complexity index is 1020. The van der Waals surface area contributed by atoms with E-state index < -0.39 is 0 Å². The fraction of sp³-hybridized carbons (Fsp3) is 0.462. The Labute approximate surface area is 179 Å². The second kappa shape index (κ2) is 9.03. The number of aryl methyl sites for hydroxylation is 3. The number of benzene rings is 2. The van der Waals surface area contributed by atoms with E-state index in [1.807, 2.05) is 6.07 Å². The summed E-state index contributed by atoms with van der Waals surface area (Å²) in [7, 11) is 0. The highest BCUT2D eigenvalue weighted by molar-refractivity contribution is 5.79. The Morgan fingerprint density at radius 3 is 2.50 bits per heavy atom. The number of aromatic nitrogens is 2. The zero-order valence-electron chi connectivity index (χ0n) is 18.5. The van der Waals surface area contributed by atoms with Crippen LogP contribution in [0, 0.1) is 26.7 Å². The number of carbonyl (C=O) groups excluding carboxylic acids is 1. The van der Waals surface area contributed by atoms with E-state index in [4.69, 9.17) is 4.98 Å². The lowest BCUT2D eigenvalue weighted by atomic mass is 9.89. The van der Waals surface area contributed by atoms with E-state index in [1.165, 1.54) is 41.5 Å². The van der Waals surface area contributed by atoms with Crippen LogP contribution in [0.4, 0.5) is 0 Å². The quantitative estimate of drug-likeness (QED) is 0.611. The molecule has 1 heterocycles. The number of rotatable bonds is 6. The van der Waals surface area contributed by atoms with Crippen LogP contribution in [0.2, 0.25) is 0 Å². The van der Waals surface area contributed by atoms with Crippen molar-refractivity contribution in [2.75, 3.05) is 6.54 Å². The third kappa shape index (κ3) is 4.43. The predicted molar refractivity (Wildman–Crippen MR) is 123 cm³/mol. The van der Waals surface area contributed by atoms with Crippen LogP contribution >= 0.6 is 0 Å². The molecular weight excluding hydrogens is 370 g/mol. The number of nitrogens with one attached hydrogen (secondary N) is 1. The average Bonchev–Trinajstić information content (AvgIpc) is 3.08. The number of hydrogen-bond donors (Lipinski definition) is 1. The van der Waals surface area contributed by atoms with Crippen LogP contribution in [0.1, 0.15) is 60.2 Å². The molecule has 4 heteroatoms. The third-order valence-electron chi connectivity index (χ3n) is 6.51. The molecule has 1 aromatic heterocycles. The summed E-state index contributed by atoms with van der Waals surface area (Å²) in [5, 5.41) is 3.17. The highest BCUT2D eigenvalue weighted by atomic mass is 16.1. The maximum Gasteiger partial charge on any atom is 0.223 e. The van der Waals surface area contributed by atoms with E-state index in [-0.39, 0.29) is 11.8 Å². The van der Waals surface area contributed by atoms with Crippen LogP contribution in [-0.4, -0.2) is 22.0 Å². The first kappa shape index (κ1) is 20.6. The Hall–Kier alpha value is -2.62. The van der Waals surface area contributed by atoms with Crippen molar-refractivity contribution < 1.29 is 4.79 Å². The molecular formula is C26H33N3O. The van der Waals surface area contributed by atoms with Crippen LogP contribution in [0.5, 0.6) is 0 Å². The average molecular weight is 404 g/mol.